The van der Waals surface area contributed by atoms with Crippen LogP contribution in [0.25, 0.3) is 0 Å². The number of nitro groups is 1. The summed E-state index contributed by atoms with van der Waals surface area (Å²) in [6.07, 6.45) is 3.60. The highest BCUT2D eigenvalue weighted by atomic mass is 16.6. The monoisotopic (exact) mass is 346 g/mol. The van der Waals surface area contributed by atoms with E-state index in [0.29, 0.717) is 37.1 Å². The summed E-state index contributed by atoms with van der Waals surface area (Å²) in [5, 5.41) is 15.3. The molecule has 1 atom stereocenters. The summed E-state index contributed by atoms with van der Waals surface area (Å²) >= 11 is 0. The number of piperazine rings is 1. The van der Waals surface area contributed by atoms with Gasteiger partial charge in [-0.3, -0.25) is 19.8 Å². The maximum atomic E-state index is 11.9. The first-order valence-corrected chi connectivity index (χ1v) is 8.19. The molecule has 132 valence electrons. The molecule has 1 aliphatic carbocycles. The Bertz CT molecular complexity index is 858. The van der Waals surface area contributed by atoms with Gasteiger partial charge in [-0.2, -0.15) is 4.98 Å². The summed E-state index contributed by atoms with van der Waals surface area (Å²) in [7, 11) is 1.95. The van der Waals surface area contributed by atoms with E-state index in [2.05, 4.69) is 20.0 Å². The first-order valence-electron chi connectivity index (χ1n) is 8.19. The molecule has 2 fully saturated rings. The molecule has 0 radical (unpaired) electrons. The van der Waals surface area contributed by atoms with Crippen LogP contribution in [0.2, 0.25) is 0 Å². The Hall–Kier alpha value is -2.75. The fourth-order valence-corrected chi connectivity index (χ4v) is 3.14. The molecule has 1 saturated heterocycles. The molecular formula is C15H18N6O4. The Balaban J connectivity index is 1.63. The lowest BCUT2D eigenvalue weighted by Gasteiger charge is -2.38. The van der Waals surface area contributed by atoms with Gasteiger partial charge in [0.15, 0.2) is 5.82 Å². The molecular weight excluding hydrogens is 328 g/mol. The number of likely N-dealkylation sites (N-methyl/N-ethyl adjacent to an activating group) is 1. The van der Waals surface area contributed by atoms with Crippen molar-refractivity contribution in [2.24, 2.45) is 0 Å². The topological polar surface area (TPSA) is 121 Å². The van der Waals surface area contributed by atoms with Crippen molar-refractivity contribution >= 4 is 11.4 Å². The number of anilines is 1. The van der Waals surface area contributed by atoms with E-state index in [1.54, 1.807) is 6.07 Å². The van der Waals surface area contributed by atoms with Crippen molar-refractivity contribution in [3.63, 3.8) is 0 Å². The number of rotatable bonds is 4. The molecule has 1 aliphatic heterocycles. The lowest BCUT2D eigenvalue weighted by Crippen LogP contribution is -2.47. The highest BCUT2D eigenvalue weighted by molar-refractivity contribution is 5.62. The molecule has 10 heteroatoms. The van der Waals surface area contributed by atoms with Crippen molar-refractivity contribution in [1.82, 2.24) is 20.0 Å². The van der Waals surface area contributed by atoms with Crippen molar-refractivity contribution in [1.29, 1.82) is 0 Å². The third-order valence-corrected chi connectivity index (χ3v) is 4.77. The zero-order valence-corrected chi connectivity index (χ0v) is 13.7. The second-order valence-corrected chi connectivity index (χ2v) is 6.51. The zero-order valence-electron chi connectivity index (χ0n) is 13.7. The third kappa shape index (κ3) is 2.88. The molecule has 1 N–H and O–H groups in total. The second-order valence-electron chi connectivity index (χ2n) is 6.51. The maximum Gasteiger partial charge on any atom is 0.356 e. The standard InChI is InChI=1S/C15H18N6O4/c1-19-6-7-20(10-4-5-16-14(22)12(10)21(23)24)8-11(19)15-17-13(18-25-15)9-2-3-9/h4-5,9,11H,2-3,6-8H2,1H3,(H,16,22). The molecule has 0 spiro atoms. The lowest BCUT2D eigenvalue weighted by atomic mass is 10.1. The van der Waals surface area contributed by atoms with Crippen LogP contribution in [0.4, 0.5) is 11.4 Å². The van der Waals surface area contributed by atoms with Crippen molar-refractivity contribution in [3.8, 4) is 0 Å². The largest absolute Gasteiger partial charge is 0.362 e. The molecule has 1 unspecified atom stereocenters. The van der Waals surface area contributed by atoms with Crippen LogP contribution < -0.4 is 10.5 Å². The minimum absolute atomic E-state index is 0.173. The van der Waals surface area contributed by atoms with E-state index < -0.39 is 16.2 Å². The van der Waals surface area contributed by atoms with E-state index in [0.717, 1.165) is 18.7 Å². The summed E-state index contributed by atoms with van der Waals surface area (Å²) in [5.41, 5.74) is -0.824. The van der Waals surface area contributed by atoms with E-state index >= 15 is 0 Å². The summed E-state index contributed by atoms with van der Waals surface area (Å²) in [4.78, 5) is 33.3. The molecule has 10 nitrogen and oxygen atoms in total. The molecule has 25 heavy (non-hydrogen) atoms. The predicted molar refractivity (Wildman–Crippen MR) is 87.6 cm³/mol. The smallest absolute Gasteiger partial charge is 0.356 e. The molecule has 3 heterocycles. The van der Waals surface area contributed by atoms with Gasteiger partial charge in [0.2, 0.25) is 5.89 Å². The van der Waals surface area contributed by atoms with Crippen LogP contribution in [-0.2, 0) is 0 Å². The zero-order chi connectivity index (χ0) is 17.6. The van der Waals surface area contributed by atoms with Gasteiger partial charge in [0.1, 0.15) is 11.7 Å². The van der Waals surface area contributed by atoms with Crippen molar-refractivity contribution in [2.75, 3.05) is 31.6 Å². The SMILES string of the molecule is CN1CCN(c2cc[nH]c(=O)c2[N+](=O)[O-])CC1c1nc(C2CC2)no1. The minimum atomic E-state index is -0.702. The van der Waals surface area contributed by atoms with Gasteiger partial charge in [0.05, 0.1) is 4.92 Å². The van der Waals surface area contributed by atoms with Gasteiger partial charge >= 0.3 is 11.2 Å². The summed E-state index contributed by atoms with van der Waals surface area (Å²) < 4.78 is 5.43. The number of pyridine rings is 1. The number of nitrogens with zero attached hydrogens (tertiary/aromatic N) is 5. The number of hydrogen-bond acceptors (Lipinski definition) is 8. The number of nitrogens with one attached hydrogen (secondary N) is 1. The van der Waals surface area contributed by atoms with Crippen LogP contribution in [-0.4, -0.2) is 51.6 Å². The lowest BCUT2D eigenvalue weighted by molar-refractivity contribution is -0.385. The van der Waals surface area contributed by atoms with Crippen LogP contribution in [0.5, 0.6) is 0 Å². The van der Waals surface area contributed by atoms with Crippen LogP contribution in [0.3, 0.4) is 0 Å². The number of hydrogen-bond donors (Lipinski definition) is 1. The second kappa shape index (κ2) is 5.96. The van der Waals surface area contributed by atoms with Crippen molar-refractivity contribution in [2.45, 2.75) is 24.8 Å². The van der Waals surface area contributed by atoms with Gasteiger partial charge in [-0.25, -0.2) is 0 Å². The Labute approximate surface area is 142 Å². The van der Waals surface area contributed by atoms with E-state index in [9.17, 15) is 14.9 Å². The van der Waals surface area contributed by atoms with Gasteiger partial charge in [0, 0.05) is 31.7 Å². The summed E-state index contributed by atoms with van der Waals surface area (Å²) in [5.74, 6) is 1.65. The molecule has 0 bridgehead atoms. The van der Waals surface area contributed by atoms with Crippen LogP contribution >= 0.6 is 0 Å². The maximum absolute atomic E-state index is 11.9. The number of aromatic amines is 1. The molecule has 0 aromatic carbocycles. The molecule has 2 aliphatic rings. The first kappa shape index (κ1) is 15.8. The van der Waals surface area contributed by atoms with E-state index in [1.165, 1.54) is 6.20 Å². The van der Waals surface area contributed by atoms with E-state index in [-0.39, 0.29) is 6.04 Å². The highest BCUT2D eigenvalue weighted by Crippen LogP contribution is 2.39. The Morgan fingerprint density at radius 1 is 1.40 bits per heavy atom. The molecule has 2 aromatic rings. The Morgan fingerprint density at radius 3 is 2.92 bits per heavy atom. The highest BCUT2D eigenvalue weighted by Gasteiger charge is 2.35. The Morgan fingerprint density at radius 2 is 2.20 bits per heavy atom. The van der Waals surface area contributed by atoms with Crippen LogP contribution in [0.1, 0.15) is 36.5 Å². The van der Waals surface area contributed by atoms with Gasteiger partial charge in [0.25, 0.3) is 0 Å². The minimum Gasteiger partial charge on any atom is -0.362 e. The first-order chi connectivity index (χ1) is 12.0. The average molecular weight is 346 g/mol. The summed E-state index contributed by atoms with van der Waals surface area (Å²) in [6, 6.07) is 1.39. The van der Waals surface area contributed by atoms with Gasteiger partial charge in [-0.15, -0.1) is 0 Å². The summed E-state index contributed by atoms with van der Waals surface area (Å²) in [6.45, 7) is 1.67. The van der Waals surface area contributed by atoms with E-state index in [4.69, 9.17) is 4.52 Å². The van der Waals surface area contributed by atoms with Crippen molar-refractivity contribution in [3.05, 3.63) is 44.4 Å². The van der Waals surface area contributed by atoms with Gasteiger partial charge in [-0.05, 0) is 26.0 Å². The van der Waals surface area contributed by atoms with E-state index in [1.807, 2.05) is 11.9 Å². The molecule has 4 rings (SSSR count). The number of aromatic nitrogens is 3. The quantitative estimate of drug-likeness (QED) is 0.643. The average Bonchev–Trinajstić information content (AvgIpc) is 3.32. The fraction of sp³-hybridized carbons (Fsp3) is 0.533. The molecule has 0 amide bonds. The predicted octanol–water partition coefficient (Wildman–Crippen LogP) is 1.04. The van der Waals surface area contributed by atoms with Crippen molar-refractivity contribution < 1.29 is 9.45 Å². The van der Waals surface area contributed by atoms with Gasteiger partial charge < -0.3 is 14.4 Å². The van der Waals surface area contributed by atoms with Crippen LogP contribution in [0, 0.1) is 10.1 Å². The van der Waals surface area contributed by atoms with Gasteiger partial charge in [-0.1, -0.05) is 5.16 Å². The fourth-order valence-electron chi connectivity index (χ4n) is 3.14. The normalized spacial score (nSPS) is 21.5. The molecule has 1 saturated carbocycles. The molecule has 2 aromatic heterocycles. The third-order valence-electron chi connectivity index (χ3n) is 4.77. The Kier molecular flexibility index (Phi) is 3.75. The number of H-pyrrole nitrogens is 1. The van der Waals surface area contributed by atoms with Crippen LogP contribution in [0.15, 0.2) is 21.6 Å².